The molecule has 2 aromatic rings. The van der Waals surface area contributed by atoms with Gasteiger partial charge in [-0.3, -0.25) is 9.48 Å². The summed E-state index contributed by atoms with van der Waals surface area (Å²) in [5, 5.41) is 4.28. The highest BCUT2D eigenvalue weighted by Gasteiger charge is 2.34. The molecule has 0 radical (unpaired) electrons. The van der Waals surface area contributed by atoms with Crippen molar-refractivity contribution in [3.8, 4) is 0 Å². The fourth-order valence-corrected chi connectivity index (χ4v) is 2.21. The Labute approximate surface area is 116 Å². The van der Waals surface area contributed by atoms with Crippen LogP contribution in [-0.2, 0) is 12.5 Å². The van der Waals surface area contributed by atoms with Crippen LogP contribution in [0.15, 0.2) is 30.5 Å². The summed E-state index contributed by atoms with van der Waals surface area (Å²) in [5.74, 6) is -0.477. The molecule has 0 bridgehead atoms. The highest BCUT2D eigenvalue weighted by atomic mass is 35.5. The molecule has 0 spiro atoms. The van der Waals surface area contributed by atoms with Gasteiger partial charge in [0, 0.05) is 7.05 Å². The van der Waals surface area contributed by atoms with E-state index in [0.29, 0.717) is 10.7 Å². The molecule has 0 atom stereocenters. The Balaban J connectivity index is 2.45. The average Bonchev–Trinajstić information content (AvgIpc) is 2.68. The van der Waals surface area contributed by atoms with Crippen molar-refractivity contribution < 1.29 is 9.18 Å². The lowest BCUT2D eigenvalue weighted by Gasteiger charge is -2.23. The van der Waals surface area contributed by atoms with Crippen LogP contribution in [0.2, 0.25) is 5.02 Å². The smallest absolute Gasteiger partial charge is 0.192 e. The van der Waals surface area contributed by atoms with E-state index < -0.39 is 5.41 Å². The number of halogens is 2. The van der Waals surface area contributed by atoms with E-state index in [2.05, 4.69) is 5.10 Å². The molecule has 0 unspecified atom stereocenters. The van der Waals surface area contributed by atoms with Crippen molar-refractivity contribution in [2.45, 2.75) is 19.3 Å². The van der Waals surface area contributed by atoms with Crippen molar-refractivity contribution in [1.82, 2.24) is 9.78 Å². The summed E-state index contributed by atoms with van der Waals surface area (Å²) in [5.41, 5.74) is 0.289. The number of rotatable bonds is 3. The molecule has 1 heterocycles. The minimum absolute atomic E-state index is 0.149. The van der Waals surface area contributed by atoms with Crippen molar-refractivity contribution >= 4 is 17.4 Å². The van der Waals surface area contributed by atoms with Crippen LogP contribution in [0.25, 0.3) is 0 Å². The first kappa shape index (κ1) is 13.7. The third kappa shape index (κ3) is 2.40. The SMILES string of the molecule is Cn1ncc(Cl)c1C(=O)C(C)(C)c1ccc(F)cc1. The lowest BCUT2D eigenvalue weighted by molar-refractivity contribution is 0.0899. The third-order valence-corrected chi connectivity index (χ3v) is 3.52. The summed E-state index contributed by atoms with van der Waals surface area (Å²) >= 11 is 5.99. The average molecular weight is 281 g/mol. The van der Waals surface area contributed by atoms with Crippen LogP contribution in [0.1, 0.15) is 29.9 Å². The summed E-state index contributed by atoms with van der Waals surface area (Å²) in [6, 6.07) is 5.90. The molecule has 2 rings (SSSR count). The fraction of sp³-hybridized carbons (Fsp3) is 0.286. The van der Waals surface area contributed by atoms with Crippen LogP contribution < -0.4 is 0 Å². The van der Waals surface area contributed by atoms with Gasteiger partial charge in [-0.25, -0.2) is 4.39 Å². The zero-order valence-electron chi connectivity index (χ0n) is 10.9. The Kier molecular flexibility index (Phi) is 3.45. The van der Waals surface area contributed by atoms with Crippen LogP contribution in [0.4, 0.5) is 4.39 Å². The molecule has 1 aromatic heterocycles. The number of hydrogen-bond acceptors (Lipinski definition) is 2. The Morgan fingerprint density at radius 3 is 2.37 bits per heavy atom. The van der Waals surface area contributed by atoms with Gasteiger partial charge in [-0.1, -0.05) is 23.7 Å². The molecular weight excluding hydrogens is 267 g/mol. The van der Waals surface area contributed by atoms with E-state index in [1.54, 1.807) is 33.0 Å². The standard InChI is InChI=1S/C14H14ClFN2O/c1-14(2,9-4-6-10(16)7-5-9)13(19)12-11(15)8-17-18(12)3/h4-8H,1-3H3. The molecule has 0 amide bonds. The zero-order valence-corrected chi connectivity index (χ0v) is 11.7. The summed E-state index contributed by atoms with van der Waals surface area (Å²) in [7, 11) is 1.67. The Morgan fingerprint density at radius 1 is 1.32 bits per heavy atom. The molecular formula is C14H14ClFN2O. The van der Waals surface area contributed by atoms with Crippen LogP contribution in [0, 0.1) is 5.82 Å². The van der Waals surface area contributed by atoms with Gasteiger partial charge in [0.25, 0.3) is 0 Å². The van der Waals surface area contributed by atoms with Gasteiger partial charge in [-0.05, 0) is 31.5 Å². The minimum atomic E-state index is -0.800. The molecule has 19 heavy (non-hydrogen) atoms. The van der Waals surface area contributed by atoms with Crippen molar-refractivity contribution in [2.75, 3.05) is 0 Å². The predicted molar refractivity (Wildman–Crippen MR) is 72.0 cm³/mol. The maximum Gasteiger partial charge on any atom is 0.192 e. The van der Waals surface area contributed by atoms with Crippen molar-refractivity contribution in [2.24, 2.45) is 7.05 Å². The number of hydrogen-bond donors (Lipinski definition) is 0. The maximum atomic E-state index is 13.0. The summed E-state index contributed by atoms with van der Waals surface area (Å²) < 4.78 is 14.4. The number of carbonyl (C=O) groups is 1. The van der Waals surface area contributed by atoms with Gasteiger partial charge in [0.2, 0.25) is 0 Å². The third-order valence-electron chi connectivity index (χ3n) is 3.24. The molecule has 0 N–H and O–H groups in total. The maximum absolute atomic E-state index is 13.0. The van der Waals surface area contributed by atoms with E-state index in [0.717, 1.165) is 5.56 Å². The molecule has 1 aromatic carbocycles. The molecule has 0 saturated carbocycles. The molecule has 5 heteroatoms. The topological polar surface area (TPSA) is 34.9 Å². The Morgan fingerprint density at radius 2 is 1.89 bits per heavy atom. The van der Waals surface area contributed by atoms with Gasteiger partial charge in [-0.15, -0.1) is 0 Å². The second kappa shape index (κ2) is 4.78. The first-order valence-corrected chi connectivity index (χ1v) is 6.20. The Hall–Kier alpha value is -1.68. The summed E-state index contributed by atoms with van der Waals surface area (Å²) in [6.45, 7) is 3.57. The van der Waals surface area contributed by atoms with E-state index in [4.69, 9.17) is 11.6 Å². The molecule has 0 fully saturated rings. The van der Waals surface area contributed by atoms with Gasteiger partial charge >= 0.3 is 0 Å². The van der Waals surface area contributed by atoms with Crippen molar-refractivity contribution in [3.05, 3.63) is 52.6 Å². The Bertz CT molecular complexity index is 597. The van der Waals surface area contributed by atoms with Crippen molar-refractivity contribution in [3.63, 3.8) is 0 Å². The van der Waals surface area contributed by atoms with Crippen LogP contribution in [0.3, 0.4) is 0 Å². The van der Waals surface area contributed by atoms with Crippen LogP contribution in [0.5, 0.6) is 0 Å². The van der Waals surface area contributed by atoms with Crippen LogP contribution >= 0.6 is 11.6 Å². The lowest BCUT2D eigenvalue weighted by atomic mass is 9.79. The molecule has 100 valence electrons. The minimum Gasteiger partial charge on any atom is -0.291 e. The number of Topliss-reactive ketones (excluding diaryl/α,β-unsaturated/α-hetero) is 1. The number of aromatic nitrogens is 2. The number of benzene rings is 1. The normalized spacial score (nSPS) is 11.6. The first-order chi connectivity index (χ1) is 8.84. The second-order valence-electron chi connectivity index (χ2n) is 4.93. The largest absolute Gasteiger partial charge is 0.291 e. The molecule has 0 aliphatic carbocycles. The monoisotopic (exact) mass is 280 g/mol. The lowest BCUT2D eigenvalue weighted by Crippen LogP contribution is -2.31. The molecule has 0 aliphatic heterocycles. The van der Waals surface area contributed by atoms with E-state index in [9.17, 15) is 9.18 Å². The van der Waals surface area contributed by atoms with E-state index in [1.807, 2.05) is 0 Å². The van der Waals surface area contributed by atoms with E-state index in [1.165, 1.54) is 23.0 Å². The van der Waals surface area contributed by atoms with Gasteiger partial charge in [0.05, 0.1) is 16.6 Å². The zero-order chi connectivity index (χ0) is 14.2. The quantitative estimate of drug-likeness (QED) is 0.808. The first-order valence-electron chi connectivity index (χ1n) is 5.82. The highest BCUT2D eigenvalue weighted by Crippen LogP contribution is 2.30. The second-order valence-corrected chi connectivity index (χ2v) is 5.33. The number of ketones is 1. The van der Waals surface area contributed by atoms with Crippen molar-refractivity contribution in [1.29, 1.82) is 0 Å². The van der Waals surface area contributed by atoms with Gasteiger partial charge < -0.3 is 0 Å². The molecule has 0 aliphatic rings. The van der Waals surface area contributed by atoms with Gasteiger partial charge in [0.1, 0.15) is 11.5 Å². The number of nitrogens with zero attached hydrogens (tertiary/aromatic N) is 2. The fourth-order valence-electron chi connectivity index (χ4n) is 1.96. The van der Waals surface area contributed by atoms with Gasteiger partial charge in [0.15, 0.2) is 5.78 Å². The predicted octanol–water partition coefficient (Wildman–Crippen LogP) is 3.37. The summed E-state index contributed by atoms with van der Waals surface area (Å²) in [6.07, 6.45) is 1.44. The number of carbonyl (C=O) groups excluding carboxylic acids is 1. The van der Waals surface area contributed by atoms with E-state index >= 15 is 0 Å². The van der Waals surface area contributed by atoms with E-state index in [-0.39, 0.29) is 11.6 Å². The highest BCUT2D eigenvalue weighted by molar-refractivity contribution is 6.34. The molecule has 3 nitrogen and oxygen atoms in total. The molecule has 0 saturated heterocycles. The van der Waals surface area contributed by atoms with Gasteiger partial charge in [-0.2, -0.15) is 5.10 Å². The number of aryl methyl sites for hydroxylation is 1. The summed E-state index contributed by atoms with van der Waals surface area (Å²) in [4.78, 5) is 12.6. The van der Waals surface area contributed by atoms with Crippen LogP contribution in [-0.4, -0.2) is 15.6 Å².